The Hall–Kier alpha value is -2.24. The highest BCUT2D eigenvalue weighted by Gasteiger charge is 2.46. The van der Waals surface area contributed by atoms with Gasteiger partial charge in [-0.25, -0.2) is 13.4 Å². The van der Waals surface area contributed by atoms with Crippen molar-refractivity contribution in [3.05, 3.63) is 24.0 Å². The van der Waals surface area contributed by atoms with Gasteiger partial charge in [0.15, 0.2) is 0 Å². The van der Waals surface area contributed by atoms with E-state index in [-0.39, 0.29) is 11.0 Å². The second-order valence-corrected chi connectivity index (χ2v) is 8.76. The Morgan fingerprint density at radius 2 is 2.00 bits per heavy atom. The maximum absolute atomic E-state index is 12.7. The maximum Gasteiger partial charge on any atom is 0.241 e. The SMILES string of the molecule is Cc1nc(OC2CCCC2)c2cc(S(=O)(=O)NC3(C#N)CC3)ccc2n1. The van der Waals surface area contributed by atoms with E-state index in [2.05, 4.69) is 14.7 Å². The first-order valence-corrected chi connectivity index (χ1v) is 10.3. The molecular weight excluding hydrogens is 352 g/mol. The van der Waals surface area contributed by atoms with Gasteiger partial charge in [-0.05, 0) is 63.6 Å². The lowest BCUT2D eigenvalue weighted by molar-refractivity contribution is 0.204. The molecule has 2 aliphatic carbocycles. The second-order valence-electron chi connectivity index (χ2n) is 7.08. The van der Waals surface area contributed by atoms with Crippen LogP contribution in [0.1, 0.15) is 44.3 Å². The lowest BCUT2D eigenvalue weighted by Gasteiger charge is -2.15. The number of rotatable bonds is 5. The van der Waals surface area contributed by atoms with Gasteiger partial charge in [-0.2, -0.15) is 15.0 Å². The molecule has 0 unspecified atom stereocenters. The van der Waals surface area contributed by atoms with Gasteiger partial charge in [0, 0.05) is 0 Å². The minimum absolute atomic E-state index is 0.0928. The fraction of sp³-hybridized carbons (Fsp3) is 0.500. The average molecular weight is 372 g/mol. The van der Waals surface area contributed by atoms with E-state index in [4.69, 9.17) is 10.00 Å². The molecule has 1 N–H and O–H groups in total. The average Bonchev–Trinajstić information content (AvgIpc) is 3.17. The van der Waals surface area contributed by atoms with Crippen LogP contribution in [-0.2, 0) is 10.0 Å². The van der Waals surface area contributed by atoms with Crippen molar-refractivity contribution in [3.8, 4) is 11.9 Å². The fourth-order valence-corrected chi connectivity index (χ4v) is 4.69. The Labute approximate surface area is 152 Å². The van der Waals surface area contributed by atoms with Crippen molar-refractivity contribution in [3.63, 3.8) is 0 Å². The van der Waals surface area contributed by atoms with Crippen molar-refractivity contribution < 1.29 is 13.2 Å². The molecule has 7 nitrogen and oxygen atoms in total. The van der Waals surface area contributed by atoms with E-state index in [1.807, 2.05) is 6.07 Å². The molecule has 2 fully saturated rings. The van der Waals surface area contributed by atoms with E-state index >= 15 is 0 Å². The Morgan fingerprint density at radius 3 is 2.65 bits per heavy atom. The van der Waals surface area contributed by atoms with Gasteiger partial charge in [-0.15, -0.1) is 0 Å². The van der Waals surface area contributed by atoms with Gasteiger partial charge >= 0.3 is 0 Å². The third kappa shape index (κ3) is 3.24. The molecular formula is C18H20N4O3S. The molecule has 26 heavy (non-hydrogen) atoms. The van der Waals surface area contributed by atoms with E-state index in [0.717, 1.165) is 25.7 Å². The summed E-state index contributed by atoms with van der Waals surface area (Å²) in [5.74, 6) is 1.01. The Balaban J connectivity index is 1.73. The zero-order valence-corrected chi connectivity index (χ0v) is 15.3. The third-order valence-corrected chi connectivity index (χ3v) is 6.46. The van der Waals surface area contributed by atoms with Crippen molar-refractivity contribution in [2.24, 2.45) is 0 Å². The molecule has 0 spiro atoms. The summed E-state index contributed by atoms with van der Waals surface area (Å²) in [6, 6.07) is 6.74. The second kappa shape index (κ2) is 6.18. The molecule has 0 saturated heterocycles. The molecule has 136 valence electrons. The van der Waals surface area contributed by atoms with Crippen LogP contribution in [0.5, 0.6) is 5.88 Å². The predicted molar refractivity (Wildman–Crippen MR) is 95.1 cm³/mol. The summed E-state index contributed by atoms with van der Waals surface area (Å²) >= 11 is 0. The summed E-state index contributed by atoms with van der Waals surface area (Å²) in [6.45, 7) is 1.79. The van der Waals surface area contributed by atoms with Gasteiger partial charge in [-0.3, -0.25) is 0 Å². The zero-order valence-electron chi connectivity index (χ0n) is 14.5. The van der Waals surface area contributed by atoms with Crippen LogP contribution in [0.15, 0.2) is 23.1 Å². The van der Waals surface area contributed by atoms with E-state index in [1.165, 1.54) is 12.1 Å². The van der Waals surface area contributed by atoms with Crippen molar-refractivity contribution >= 4 is 20.9 Å². The first-order valence-electron chi connectivity index (χ1n) is 8.81. The van der Waals surface area contributed by atoms with E-state index in [0.29, 0.717) is 35.4 Å². The number of nitrogens with one attached hydrogen (secondary N) is 1. The Morgan fingerprint density at radius 1 is 1.27 bits per heavy atom. The molecule has 4 rings (SSSR count). The van der Waals surface area contributed by atoms with Gasteiger partial charge in [0.1, 0.15) is 17.5 Å². The highest BCUT2D eigenvalue weighted by Crippen LogP contribution is 2.36. The molecule has 0 aliphatic heterocycles. The fourth-order valence-electron chi connectivity index (χ4n) is 3.29. The number of hydrogen-bond acceptors (Lipinski definition) is 6. The smallest absolute Gasteiger partial charge is 0.241 e. The van der Waals surface area contributed by atoms with Gasteiger partial charge in [0.25, 0.3) is 0 Å². The number of nitriles is 1. The van der Waals surface area contributed by atoms with Crippen molar-refractivity contribution in [2.45, 2.75) is 62.0 Å². The molecule has 2 saturated carbocycles. The summed E-state index contributed by atoms with van der Waals surface area (Å²) in [4.78, 5) is 8.86. The van der Waals surface area contributed by atoms with Crippen molar-refractivity contribution in [1.29, 1.82) is 5.26 Å². The number of fused-ring (bicyclic) bond motifs is 1. The number of aryl methyl sites for hydroxylation is 1. The molecule has 1 aromatic heterocycles. The molecule has 0 atom stereocenters. The summed E-state index contributed by atoms with van der Waals surface area (Å²) in [5.41, 5.74) is -0.313. The minimum atomic E-state index is -3.80. The first kappa shape index (κ1) is 17.2. The van der Waals surface area contributed by atoms with Gasteiger partial charge < -0.3 is 4.74 Å². The lowest BCUT2D eigenvalue weighted by atomic mass is 10.2. The van der Waals surface area contributed by atoms with Gasteiger partial charge in [0.2, 0.25) is 15.9 Å². The number of ether oxygens (including phenoxy) is 1. The van der Waals surface area contributed by atoms with E-state index < -0.39 is 15.6 Å². The molecule has 0 radical (unpaired) electrons. The molecule has 1 aromatic carbocycles. The first-order chi connectivity index (χ1) is 12.4. The zero-order chi connectivity index (χ0) is 18.4. The summed E-state index contributed by atoms with van der Waals surface area (Å²) in [6.07, 6.45) is 5.41. The largest absolute Gasteiger partial charge is 0.474 e. The topological polar surface area (TPSA) is 105 Å². The third-order valence-electron chi connectivity index (χ3n) is 4.93. The van der Waals surface area contributed by atoms with Gasteiger partial charge in [-0.1, -0.05) is 0 Å². The van der Waals surface area contributed by atoms with Crippen molar-refractivity contribution in [1.82, 2.24) is 14.7 Å². The van der Waals surface area contributed by atoms with Crippen LogP contribution in [0.25, 0.3) is 10.9 Å². The molecule has 2 aromatic rings. The molecule has 1 heterocycles. The van der Waals surface area contributed by atoms with Crippen LogP contribution >= 0.6 is 0 Å². The van der Waals surface area contributed by atoms with Crippen LogP contribution in [-0.4, -0.2) is 30.0 Å². The summed E-state index contributed by atoms with van der Waals surface area (Å²) in [5, 5.41) is 9.73. The monoisotopic (exact) mass is 372 g/mol. The quantitative estimate of drug-likeness (QED) is 0.865. The standard InChI is InChI=1S/C18H20N4O3S/c1-12-20-16-7-6-14(26(23,24)22-18(11-19)8-9-18)10-15(16)17(21-12)25-13-4-2-3-5-13/h6-7,10,13,22H,2-5,8-9H2,1H3. The predicted octanol–water partition coefficient (Wildman–Crippen LogP) is 2.59. The Kier molecular flexibility index (Phi) is 4.09. The number of nitrogens with zero attached hydrogens (tertiary/aromatic N) is 3. The molecule has 8 heteroatoms. The number of benzene rings is 1. The van der Waals surface area contributed by atoms with E-state index in [9.17, 15) is 8.42 Å². The highest BCUT2D eigenvalue weighted by molar-refractivity contribution is 7.89. The number of sulfonamides is 1. The maximum atomic E-state index is 12.7. The highest BCUT2D eigenvalue weighted by atomic mass is 32.2. The van der Waals surface area contributed by atoms with Crippen molar-refractivity contribution in [2.75, 3.05) is 0 Å². The minimum Gasteiger partial charge on any atom is -0.474 e. The van der Waals surface area contributed by atoms with Crippen LogP contribution in [0, 0.1) is 18.3 Å². The molecule has 0 bridgehead atoms. The Bertz CT molecular complexity index is 1000. The number of aromatic nitrogens is 2. The van der Waals surface area contributed by atoms with Crippen LogP contribution in [0.4, 0.5) is 0 Å². The summed E-state index contributed by atoms with van der Waals surface area (Å²) < 4.78 is 33.9. The molecule has 0 amide bonds. The summed E-state index contributed by atoms with van der Waals surface area (Å²) in [7, 11) is -3.80. The van der Waals surface area contributed by atoms with Crippen LogP contribution in [0.3, 0.4) is 0 Å². The lowest BCUT2D eigenvalue weighted by Crippen LogP contribution is -2.35. The van der Waals surface area contributed by atoms with E-state index in [1.54, 1.807) is 13.0 Å². The molecule has 2 aliphatic rings. The van der Waals surface area contributed by atoms with Crippen LogP contribution < -0.4 is 9.46 Å². The number of hydrogen-bond donors (Lipinski definition) is 1. The van der Waals surface area contributed by atoms with Crippen LogP contribution in [0.2, 0.25) is 0 Å². The van der Waals surface area contributed by atoms with Gasteiger partial charge in [0.05, 0.1) is 21.9 Å². The normalized spacial score (nSPS) is 19.4.